The second kappa shape index (κ2) is 6.64. The van der Waals surface area contributed by atoms with Crippen LogP contribution < -0.4 is 11.1 Å². The van der Waals surface area contributed by atoms with Crippen LogP contribution in [0.5, 0.6) is 0 Å². The number of hydrogen-bond donors (Lipinski definition) is 2. The molecule has 0 saturated carbocycles. The summed E-state index contributed by atoms with van der Waals surface area (Å²) in [6, 6.07) is 5.73. The fraction of sp³-hybridized carbons (Fsp3) is 0.0833. The Balaban J connectivity index is 2.04. The summed E-state index contributed by atoms with van der Waals surface area (Å²) in [4.78, 5) is 27.3. The number of nitrogens with one attached hydrogen (secondary N) is 1. The van der Waals surface area contributed by atoms with E-state index >= 15 is 0 Å². The Hall–Kier alpha value is -2.00. The molecule has 3 N–H and O–H groups in total. The molecule has 0 atom stereocenters. The van der Waals surface area contributed by atoms with Crippen LogP contribution in [-0.2, 0) is 0 Å². The topological polar surface area (TPSA) is 85.1 Å². The van der Waals surface area contributed by atoms with Crippen molar-refractivity contribution in [2.45, 2.75) is 10.7 Å². The average molecular weight is 329 g/mol. The molecule has 0 aliphatic rings. The third kappa shape index (κ3) is 4.23. The van der Waals surface area contributed by atoms with Gasteiger partial charge in [-0.15, -0.1) is 0 Å². The Morgan fingerprint density at radius 2 is 1.95 bits per heavy atom. The minimum absolute atomic E-state index is 0.231. The SMILES string of the molecule is NC(=O)c1cnc(NC(=O)c2ccc(SC(F)F)cc2)s1. The fourth-order valence-corrected chi connectivity index (χ4v) is 2.57. The summed E-state index contributed by atoms with van der Waals surface area (Å²) in [7, 11) is 0. The minimum atomic E-state index is -2.51. The first-order chi connectivity index (χ1) is 9.95. The summed E-state index contributed by atoms with van der Waals surface area (Å²) >= 11 is 1.36. The zero-order valence-corrected chi connectivity index (χ0v) is 12.0. The molecule has 0 bridgehead atoms. The van der Waals surface area contributed by atoms with Gasteiger partial charge in [-0.1, -0.05) is 23.1 Å². The molecule has 1 aromatic carbocycles. The Bertz CT molecular complexity index is 659. The third-order valence-corrected chi connectivity index (χ3v) is 3.96. The maximum atomic E-state index is 12.2. The quantitative estimate of drug-likeness (QED) is 0.826. The zero-order valence-electron chi connectivity index (χ0n) is 10.4. The molecule has 0 aliphatic heterocycles. The van der Waals surface area contributed by atoms with E-state index in [9.17, 15) is 18.4 Å². The van der Waals surface area contributed by atoms with Crippen LogP contribution in [0.3, 0.4) is 0 Å². The Morgan fingerprint density at radius 3 is 2.48 bits per heavy atom. The Labute approximate surface area is 126 Å². The third-order valence-electron chi connectivity index (χ3n) is 2.31. The lowest BCUT2D eigenvalue weighted by Crippen LogP contribution is -2.11. The van der Waals surface area contributed by atoms with Crippen molar-refractivity contribution in [1.82, 2.24) is 4.98 Å². The van der Waals surface area contributed by atoms with Crippen LogP contribution in [0.4, 0.5) is 13.9 Å². The normalized spacial score (nSPS) is 10.6. The lowest BCUT2D eigenvalue weighted by atomic mass is 10.2. The first-order valence-electron chi connectivity index (χ1n) is 5.57. The van der Waals surface area contributed by atoms with Crippen molar-refractivity contribution in [2.75, 3.05) is 5.32 Å². The molecule has 110 valence electrons. The van der Waals surface area contributed by atoms with Gasteiger partial charge in [-0.05, 0) is 24.3 Å². The predicted molar refractivity (Wildman–Crippen MR) is 76.9 cm³/mol. The number of anilines is 1. The van der Waals surface area contributed by atoms with Gasteiger partial charge in [0.25, 0.3) is 17.6 Å². The first kappa shape index (κ1) is 15.4. The van der Waals surface area contributed by atoms with E-state index in [0.29, 0.717) is 22.2 Å². The largest absolute Gasteiger partial charge is 0.365 e. The van der Waals surface area contributed by atoms with Gasteiger partial charge in [-0.3, -0.25) is 14.9 Å². The molecule has 0 spiro atoms. The van der Waals surface area contributed by atoms with Crippen LogP contribution in [0.25, 0.3) is 0 Å². The molecule has 2 amide bonds. The van der Waals surface area contributed by atoms with Crippen molar-refractivity contribution in [1.29, 1.82) is 0 Å². The van der Waals surface area contributed by atoms with Gasteiger partial charge in [0, 0.05) is 10.5 Å². The standard InChI is InChI=1S/C12H9F2N3O2S2/c13-11(14)20-7-3-1-6(2-4-7)10(19)17-12-16-5-8(21-12)9(15)18/h1-5,11H,(H2,15,18)(H,16,17,19). The lowest BCUT2D eigenvalue weighted by Gasteiger charge is -2.03. The van der Waals surface area contributed by atoms with Gasteiger partial charge in [0.05, 0.1) is 6.20 Å². The molecule has 9 heteroatoms. The smallest absolute Gasteiger partial charge is 0.288 e. The van der Waals surface area contributed by atoms with Gasteiger partial charge in [0.1, 0.15) is 4.88 Å². The summed E-state index contributed by atoms with van der Waals surface area (Å²) in [5.41, 5.74) is 5.38. The average Bonchev–Trinajstić information content (AvgIpc) is 2.87. The van der Waals surface area contributed by atoms with Crippen LogP contribution in [0.1, 0.15) is 20.0 Å². The summed E-state index contributed by atoms with van der Waals surface area (Å²) in [5.74, 6) is -3.58. The Kier molecular flexibility index (Phi) is 4.86. The number of amides is 2. The number of thioether (sulfide) groups is 1. The van der Waals surface area contributed by atoms with Gasteiger partial charge in [-0.2, -0.15) is 8.78 Å². The second-order valence-corrected chi connectivity index (χ2v) is 5.85. The van der Waals surface area contributed by atoms with Crippen molar-refractivity contribution in [3.63, 3.8) is 0 Å². The van der Waals surface area contributed by atoms with Gasteiger partial charge < -0.3 is 5.73 Å². The van der Waals surface area contributed by atoms with E-state index in [1.54, 1.807) is 0 Å². The number of alkyl halides is 2. The number of thiazole rings is 1. The zero-order chi connectivity index (χ0) is 15.4. The van der Waals surface area contributed by atoms with E-state index in [4.69, 9.17) is 5.73 Å². The molecule has 21 heavy (non-hydrogen) atoms. The number of rotatable bonds is 5. The number of primary amides is 1. The number of halogens is 2. The molecular formula is C12H9F2N3O2S2. The summed E-state index contributed by atoms with van der Waals surface area (Å²) in [6.45, 7) is 0. The highest BCUT2D eigenvalue weighted by atomic mass is 32.2. The van der Waals surface area contributed by atoms with Crippen LogP contribution in [-0.4, -0.2) is 22.6 Å². The van der Waals surface area contributed by atoms with Crippen LogP contribution >= 0.6 is 23.1 Å². The number of aromatic nitrogens is 1. The molecule has 0 saturated heterocycles. The first-order valence-corrected chi connectivity index (χ1v) is 7.27. The van der Waals surface area contributed by atoms with Crippen LogP contribution in [0.2, 0.25) is 0 Å². The minimum Gasteiger partial charge on any atom is -0.365 e. The number of nitrogens with zero attached hydrogens (tertiary/aromatic N) is 1. The number of hydrogen-bond acceptors (Lipinski definition) is 5. The summed E-state index contributed by atoms with van der Waals surface area (Å²) in [6.07, 6.45) is 1.27. The molecule has 0 aliphatic carbocycles. The van der Waals surface area contributed by atoms with E-state index in [2.05, 4.69) is 10.3 Å². The highest BCUT2D eigenvalue weighted by Crippen LogP contribution is 2.25. The van der Waals surface area contributed by atoms with Gasteiger partial charge >= 0.3 is 0 Å². The molecule has 0 unspecified atom stereocenters. The molecule has 5 nitrogen and oxygen atoms in total. The molecule has 2 rings (SSSR count). The predicted octanol–water partition coefficient (Wildman–Crippen LogP) is 2.81. The highest BCUT2D eigenvalue weighted by Gasteiger charge is 2.12. The number of benzene rings is 1. The number of nitrogens with two attached hydrogens (primary N) is 1. The maximum Gasteiger partial charge on any atom is 0.288 e. The molecule has 1 aromatic heterocycles. The van der Waals surface area contributed by atoms with Gasteiger partial charge in [0.15, 0.2) is 5.13 Å². The molecule has 2 aromatic rings. The van der Waals surface area contributed by atoms with E-state index < -0.39 is 17.6 Å². The van der Waals surface area contributed by atoms with Crippen molar-refractivity contribution in [3.8, 4) is 0 Å². The molecular weight excluding hydrogens is 320 g/mol. The second-order valence-electron chi connectivity index (χ2n) is 3.75. The van der Waals surface area contributed by atoms with Crippen LogP contribution in [0.15, 0.2) is 35.4 Å². The highest BCUT2D eigenvalue weighted by molar-refractivity contribution is 7.99. The number of carbonyl (C=O) groups excluding carboxylic acids is 2. The van der Waals surface area contributed by atoms with Crippen LogP contribution in [0, 0.1) is 0 Å². The molecule has 0 radical (unpaired) electrons. The van der Waals surface area contributed by atoms with Crippen molar-refractivity contribution in [3.05, 3.63) is 40.9 Å². The van der Waals surface area contributed by atoms with Crippen molar-refractivity contribution < 1.29 is 18.4 Å². The fourth-order valence-electron chi connectivity index (χ4n) is 1.40. The van der Waals surface area contributed by atoms with Gasteiger partial charge in [-0.25, -0.2) is 4.98 Å². The molecule has 1 heterocycles. The van der Waals surface area contributed by atoms with E-state index in [0.717, 1.165) is 11.3 Å². The monoisotopic (exact) mass is 329 g/mol. The maximum absolute atomic E-state index is 12.2. The van der Waals surface area contributed by atoms with Gasteiger partial charge in [0.2, 0.25) is 0 Å². The number of carbonyl (C=O) groups is 2. The van der Waals surface area contributed by atoms with Crippen molar-refractivity contribution in [2.24, 2.45) is 5.73 Å². The summed E-state index contributed by atoms with van der Waals surface area (Å²) in [5, 5.41) is 2.74. The van der Waals surface area contributed by atoms with E-state index in [-0.39, 0.29) is 10.0 Å². The molecule has 0 fully saturated rings. The summed E-state index contributed by atoms with van der Waals surface area (Å²) < 4.78 is 24.3. The van der Waals surface area contributed by atoms with Crippen molar-refractivity contribution >= 4 is 40.0 Å². The van der Waals surface area contributed by atoms with E-state index in [1.807, 2.05) is 0 Å². The van der Waals surface area contributed by atoms with E-state index in [1.165, 1.54) is 30.5 Å². The Morgan fingerprint density at radius 1 is 1.29 bits per heavy atom. The lowest BCUT2D eigenvalue weighted by molar-refractivity contribution is 0.100.